The molecule has 1 unspecified atom stereocenters. The smallest absolute Gasteiger partial charge is 0.422 e. The Kier molecular flexibility index (Phi) is 9.97. The molecule has 0 spiro atoms. The molecular weight excluding hydrogens is 603 g/mol. The maximum atomic E-state index is 14.8. The fourth-order valence-corrected chi connectivity index (χ4v) is 5.88. The van der Waals surface area contributed by atoms with Gasteiger partial charge in [-0.3, -0.25) is 19.8 Å². The Morgan fingerprint density at radius 2 is 1.72 bits per heavy atom. The molecule has 1 N–H and O–H groups in total. The first-order valence-corrected chi connectivity index (χ1v) is 15.2. The molecule has 5 rings (SSSR count). The van der Waals surface area contributed by atoms with E-state index in [2.05, 4.69) is 0 Å². The number of hydrogen-bond acceptors (Lipinski definition) is 7. The second-order valence-corrected chi connectivity index (χ2v) is 11.5. The lowest BCUT2D eigenvalue weighted by atomic mass is 9.91. The van der Waals surface area contributed by atoms with Crippen molar-refractivity contribution in [3.63, 3.8) is 0 Å². The van der Waals surface area contributed by atoms with Crippen LogP contribution in [0.3, 0.4) is 0 Å². The quantitative estimate of drug-likeness (QED) is 0.109. The maximum Gasteiger partial charge on any atom is 0.422 e. The van der Waals surface area contributed by atoms with Crippen LogP contribution >= 0.6 is 0 Å². The van der Waals surface area contributed by atoms with E-state index in [4.69, 9.17) is 9.47 Å². The monoisotopic (exact) mass is 639 g/mol. The zero-order valence-corrected chi connectivity index (χ0v) is 25.4. The third kappa shape index (κ3) is 7.51. The Hall–Kier alpha value is -4.42. The number of β-amino-alcohol motifs (C(OH)–C–C–N with tert-alkyl or cyclic N) is 1. The average molecular weight is 640 g/mol. The molecule has 46 heavy (non-hydrogen) atoms. The summed E-state index contributed by atoms with van der Waals surface area (Å²) in [6.07, 6.45) is -2.23. The molecule has 3 aromatic carbocycles. The number of rotatable bonds is 12. The van der Waals surface area contributed by atoms with E-state index >= 15 is 0 Å². The van der Waals surface area contributed by atoms with Gasteiger partial charge >= 0.3 is 12.1 Å². The Labute approximate surface area is 264 Å². The highest BCUT2D eigenvalue weighted by Crippen LogP contribution is 2.44. The fraction of sp³-hybridized carbons (Fsp3) is 0.382. The van der Waals surface area contributed by atoms with Gasteiger partial charge in [0, 0.05) is 61.9 Å². The number of fused-ring (bicyclic) bond motifs is 1. The van der Waals surface area contributed by atoms with Crippen LogP contribution in [0.2, 0.25) is 0 Å². The molecule has 0 aliphatic carbocycles. The minimum absolute atomic E-state index is 0.102. The number of nitrogens with zero attached hydrogens (tertiary/aromatic N) is 3. The molecule has 4 aromatic rings. The third-order valence-corrected chi connectivity index (χ3v) is 8.32. The van der Waals surface area contributed by atoms with Crippen LogP contribution in [0.25, 0.3) is 10.9 Å². The van der Waals surface area contributed by atoms with Crippen molar-refractivity contribution in [1.82, 2.24) is 9.47 Å². The Bertz CT molecular complexity index is 1650. The highest BCUT2D eigenvalue weighted by Gasteiger charge is 2.57. The summed E-state index contributed by atoms with van der Waals surface area (Å²) in [5.74, 6) is 0.374. The number of non-ortho nitro benzene ring substituents is 1. The molecule has 9 nitrogen and oxygen atoms in total. The van der Waals surface area contributed by atoms with Crippen molar-refractivity contribution in [1.29, 1.82) is 0 Å². The Balaban J connectivity index is 1.30. The minimum atomic E-state index is -5.02. The second-order valence-electron chi connectivity index (χ2n) is 11.5. The molecule has 0 saturated carbocycles. The molecule has 1 aliphatic heterocycles. The fourth-order valence-electron chi connectivity index (χ4n) is 5.88. The number of aliphatic hydroxyl groups is 1. The molecular formula is C34H36F3N3O6. The van der Waals surface area contributed by atoms with E-state index in [1.54, 1.807) is 24.0 Å². The predicted molar refractivity (Wildman–Crippen MR) is 166 cm³/mol. The van der Waals surface area contributed by atoms with Crippen LogP contribution in [-0.4, -0.2) is 64.0 Å². The van der Waals surface area contributed by atoms with Gasteiger partial charge in [-0.25, -0.2) is 0 Å². The number of esters is 1. The number of piperidine rings is 1. The van der Waals surface area contributed by atoms with Gasteiger partial charge in [0.25, 0.3) is 5.69 Å². The van der Waals surface area contributed by atoms with Crippen LogP contribution in [0.5, 0.6) is 5.75 Å². The normalized spacial score (nSPS) is 15.8. The number of ether oxygens (including phenoxy) is 2. The van der Waals surface area contributed by atoms with Gasteiger partial charge in [0.1, 0.15) is 11.9 Å². The molecule has 1 fully saturated rings. The van der Waals surface area contributed by atoms with E-state index in [1.807, 2.05) is 42.5 Å². The second kappa shape index (κ2) is 13.9. The number of hydrogen-bond donors (Lipinski definition) is 1. The van der Waals surface area contributed by atoms with E-state index < -0.39 is 23.2 Å². The number of carbonyl (C=O) groups is 1. The summed E-state index contributed by atoms with van der Waals surface area (Å²) in [4.78, 5) is 24.1. The number of carbonyl (C=O) groups excluding carboxylic acids is 1. The number of halogens is 3. The molecule has 0 amide bonds. The largest absolute Gasteiger partial charge is 0.490 e. The van der Waals surface area contributed by atoms with Crippen LogP contribution in [0.1, 0.15) is 42.9 Å². The first-order valence-electron chi connectivity index (χ1n) is 15.2. The van der Waals surface area contributed by atoms with Crippen molar-refractivity contribution in [3.05, 3.63) is 106 Å². The van der Waals surface area contributed by atoms with Gasteiger partial charge < -0.3 is 19.1 Å². The number of nitro groups is 1. The van der Waals surface area contributed by atoms with E-state index in [0.717, 1.165) is 17.2 Å². The molecule has 0 bridgehead atoms. The first kappa shape index (κ1) is 33.0. The Morgan fingerprint density at radius 3 is 2.35 bits per heavy atom. The van der Waals surface area contributed by atoms with Gasteiger partial charge in [0.15, 0.2) is 0 Å². The van der Waals surface area contributed by atoms with Crippen LogP contribution in [0, 0.1) is 10.1 Å². The standard InChI is InChI=1S/C34H36F3N3O6/c1-2-45-32(41)15-10-24-8-12-27(13-9-24)46-28-16-18-38(19-17-28)23-33(42,34(35,36)37)30-22-39(21-25-6-4-3-5-7-25)31-20-26(40(43)44)11-14-29(30)31/h3-9,11-14,20,22,28,42H,2,10,15-19,21,23H2,1H3. The van der Waals surface area contributed by atoms with Gasteiger partial charge in [0.05, 0.1) is 17.0 Å². The van der Waals surface area contributed by atoms with Crippen molar-refractivity contribution in [2.45, 2.75) is 57.0 Å². The molecule has 2 heterocycles. The average Bonchev–Trinajstić information content (AvgIpc) is 3.39. The van der Waals surface area contributed by atoms with Crippen LogP contribution in [0.4, 0.5) is 18.9 Å². The molecule has 1 saturated heterocycles. The number of aryl methyl sites for hydroxylation is 1. The molecule has 244 valence electrons. The topological polar surface area (TPSA) is 107 Å². The first-order chi connectivity index (χ1) is 22.0. The third-order valence-electron chi connectivity index (χ3n) is 8.32. The van der Waals surface area contributed by atoms with Gasteiger partial charge in [-0.15, -0.1) is 0 Å². The molecule has 1 aromatic heterocycles. The van der Waals surface area contributed by atoms with Gasteiger partial charge in [-0.05, 0) is 55.5 Å². The number of aromatic nitrogens is 1. The van der Waals surface area contributed by atoms with Crippen LogP contribution < -0.4 is 4.74 Å². The van der Waals surface area contributed by atoms with Crippen molar-refractivity contribution in [2.75, 3.05) is 26.2 Å². The van der Waals surface area contributed by atoms with Gasteiger partial charge in [-0.2, -0.15) is 13.2 Å². The summed E-state index contributed by atoms with van der Waals surface area (Å²) in [5, 5.41) is 23.1. The summed E-state index contributed by atoms with van der Waals surface area (Å²) < 4.78 is 57.0. The number of benzene rings is 3. The van der Waals surface area contributed by atoms with Crippen molar-refractivity contribution in [3.8, 4) is 5.75 Å². The minimum Gasteiger partial charge on any atom is -0.490 e. The summed E-state index contributed by atoms with van der Waals surface area (Å²) in [6.45, 7) is 2.12. The lowest BCUT2D eigenvalue weighted by molar-refractivity contribution is -0.384. The molecule has 12 heteroatoms. The molecule has 1 aliphatic rings. The number of alkyl halides is 3. The highest BCUT2D eigenvalue weighted by molar-refractivity contribution is 5.87. The van der Waals surface area contributed by atoms with Gasteiger partial charge in [-0.1, -0.05) is 42.5 Å². The van der Waals surface area contributed by atoms with Gasteiger partial charge in [0.2, 0.25) is 5.60 Å². The van der Waals surface area contributed by atoms with E-state index in [1.165, 1.54) is 22.9 Å². The van der Waals surface area contributed by atoms with E-state index in [9.17, 15) is 33.2 Å². The van der Waals surface area contributed by atoms with Crippen LogP contribution in [-0.2, 0) is 28.1 Å². The molecule has 0 radical (unpaired) electrons. The summed E-state index contributed by atoms with van der Waals surface area (Å²) in [5.41, 5.74) is -1.84. The van der Waals surface area contributed by atoms with E-state index in [-0.39, 0.29) is 60.3 Å². The summed E-state index contributed by atoms with van der Waals surface area (Å²) in [6, 6.07) is 20.1. The Morgan fingerprint density at radius 1 is 1.02 bits per heavy atom. The van der Waals surface area contributed by atoms with Crippen molar-refractivity contribution in [2.24, 2.45) is 0 Å². The van der Waals surface area contributed by atoms with Crippen molar-refractivity contribution < 1.29 is 37.5 Å². The summed E-state index contributed by atoms with van der Waals surface area (Å²) >= 11 is 0. The lowest BCUT2D eigenvalue weighted by Gasteiger charge is -2.39. The zero-order chi connectivity index (χ0) is 32.9. The number of likely N-dealkylation sites (tertiary alicyclic amines) is 1. The zero-order valence-electron chi connectivity index (χ0n) is 25.4. The van der Waals surface area contributed by atoms with Crippen molar-refractivity contribution >= 4 is 22.6 Å². The maximum absolute atomic E-state index is 14.8. The highest BCUT2D eigenvalue weighted by atomic mass is 19.4. The van der Waals surface area contributed by atoms with Crippen LogP contribution in [0.15, 0.2) is 79.0 Å². The predicted octanol–water partition coefficient (Wildman–Crippen LogP) is 6.39. The van der Waals surface area contributed by atoms with E-state index in [0.29, 0.717) is 31.6 Å². The molecule has 1 atom stereocenters. The SMILES string of the molecule is CCOC(=O)CCc1ccc(OC2CCN(CC(O)(c3cn(Cc4ccccc4)c4cc([N+](=O)[O-])ccc34)C(F)(F)F)CC2)cc1. The number of nitro benzene ring substituents is 1. The summed E-state index contributed by atoms with van der Waals surface area (Å²) in [7, 11) is 0. The lowest BCUT2D eigenvalue weighted by Crippen LogP contribution is -2.53.